The summed E-state index contributed by atoms with van der Waals surface area (Å²) in [5.41, 5.74) is 8.11. The second kappa shape index (κ2) is 8.02. The van der Waals surface area contributed by atoms with Gasteiger partial charge in [0.1, 0.15) is 5.75 Å². The summed E-state index contributed by atoms with van der Waals surface area (Å²) in [6.07, 6.45) is 8.92. The number of nitrogens with one attached hydrogen (secondary N) is 2. The van der Waals surface area contributed by atoms with Crippen molar-refractivity contribution in [3.8, 4) is 5.75 Å². The van der Waals surface area contributed by atoms with Gasteiger partial charge in [-0.2, -0.15) is 0 Å². The van der Waals surface area contributed by atoms with Gasteiger partial charge in [-0.05, 0) is 62.5 Å². The molecule has 0 spiro atoms. The first-order chi connectivity index (χ1) is 12.2. The van der Waals surface area contributed by atoms with Gasteiger partial charge in [-0.1, -0.05) is 25.3 Å². The molecule has 1 aliphatic rings. The molecule has 0 saturated heterocycles. The van der Waals surface area contributed by atoms with Crippen LogP contribution in [0.4, 0.5) is 0 Å². The Morgan fingerprint density at radius 3 is 2.84 bits per heavy atom. The summed E-state index contributed by atoms with van der Waals surface area (Å²) in [6, 6.07) is 5.81. The maximum atomic E-state index is 12.6. The van der Waals surface area contributed by atoms with Crippen molar-refractivity contribution in [1.82, 2.24) is 10.3 Å². The monoisotopic (exact) mass is 343 g/mol. The first kappa shape index (κ1) is 18.0. The summed E-state index contributed by atoms with van der Waals surface area (Å²) < 4.78 is 5.80. The van der Waals surface area contributed by atoms with Gasteiger partial charge in [0.05, 0.1) is 6.42 Å². The molecule has 0 amide bonds. The molecule has 1 aliphatic carbocycles. The molecule has 1 aromatic carbocycles. The molecule has 0 unspecified atom stereocenters. The Labute approximate surface area is 149 Å². The summed E-state index contributed by atoms with van der Waals surface area (Å²) in [4.78, 5) is 15.9. The maximum absolute atomic E-state index is 12.6. The summed E-state index contributed by atoms with van der Waals surface area (Å²) in [5.74, 6) is 0.485. The van der Waals surface area contributed by atoms with E-state index in [0.29, 0.717) is 18.7 Å². The van der Waals surface area contributed by atoms with Crippen LogP contribution in [0.15, 0.2) is 24.4 Å². The molecule has 1 saturated carbocycles. The number of fused-ring (bicyclic) bond motifs is 1. The number of carbonyl (C=O) groups is 1. The number of hydrogen-bond donors (Lipinski definition) is 3. The predicted molar refractivity (Wildman–Crippen MR) is 101 cm³/mol. The lowest BCUT2D eigenvalue weighted by Gasteiger charge is -2.35. The van der Waals surface area contributed by atoms with E-state index in [9.17, 15) is 4.79 Å². The molecule has 3 rings (SSSR count). The molecule has 5 nitrogen and oxygen atoms in total. The third-order valence-corrected chi connectivity index (χ3v) is 5.48. The molecule has 1 fully saturated rings. The Morgan fingerprint density at radius 2 is 2.12 bits per heavy atom. The van der Waals surface area contributed by atoms with Crippen LogP contribution in [0.3, 0.4) is 0 Å². The van der Waals surface area contributed by atoms with Gasteiger partial charge >= 0.3 is 5.97 Å². The van der Waals surface area contributed by atoms with E-state index in [1.807, 2.05) is 31.4 Å². The van der Waals surface area contributed by atoms with Crippen molar-refractivity contribution in [1.29, 1.82) is 0 Å². The molecule has 25 heavy (non-hydrogen) atoms. The molecule has 2 aromatic rings. The number of nitrogens with two attached hydrogens (primary N) is 1. The Balaban J connectivity index is 1.77. The van der Waals surface area contributed by atoms with Crippen LogP contribution in [0, 0.1) is 5.41 Å². The summed E-state index contributed by atoms with van der Waals surface area (Å²) in [7, 11) is 1.94. The zero-order valence-corrected chi connectivity index (χ0v) is 15.1. The third-order valence-electron chi connectivity index (χ3n) is 5.48. The average Bonchev–Trinajstić information content (AvgIpc) is 3.05. The fraction of sp³-hybridized carbons (Fsp3) is 0.550. The number of esters is 1. The van der Waals surface area contributed by atoms with Gasteiger partial charge in [-0.3, -0.25) is 4.79 Å². The smallest absolute Gasteiger partial charge is 0.311 e. The lowest BCUT2D eigenvalue weighted by molar-refractivity contribution is -0.137. The Hall–Kier alpha value is -1.85. The maximum Gasteiger partial charge on any atom is 0.311 e. The number of rotatable bonds is 7. The number of ether oxygens (including phenoxy) is 1. The van der Waals surface area contributed by atoms with Crippen LogP contribution in [0.1, 0.15) is 44.1 Å². The second-order valence-corrected chi connectivity index (χ2v) is 7.26. The molecule has 5 heteroatoms. The Morgan fingerprint density at radius 1 is 1.32 bits per heavy atom. The number of benzene rings is 1. The zero-order valence-electron chi connectivity index (χ0n) is 15.1. The van der Waals surface area contributed by atoms with E-state index in [4.69, 9.17) is 10.5 Å². The molecule has 4 N–H and O–H groups in total. The van der Waals surface area contributed by atoms with Crippen molar-refractivity contribution >= 4 is 16.9 Å². The van der Waals surface area contributed by atoms with Crippen LogP contribution in [0.25, 0.3) is 10.9 Å². The van der Waals surface area contributed by atoms with E-state index < -0.39 is 0 Å². The quantitative estimate of drug-likeness (QED) is 0.533. The van der Waals surface area contributed by atoms with Gasteiger partial charge < -0.3 is 20.8 Å². The highest BCUT2D eigenvalue weighted by Crippen LogP contribution is 2.39. The van der Waals surface area contributed by atoms with Crippen molar-refractivity contribution in [3.05, 3.63) is 30.0 Å². The van der Waals surface area contributed by atoms with E-state index >= 15 is 0 Å². The fourth-order valence-corrected chi connectivity index (χ4v) is 3.98. The lowest BCUT2D eigenvalue weighted by atomic mass is 9.72. The van der Waals surface area contributed by atoms with Crippen LogP contribution in [0.5, 0.6) is 5.75 Å². The number of aromatic amines is 1. The third kappa shape index (κ3) is 4.05. The van der Waals surface area contributed by atoms with Crippen LogP contribution in [-0.4, -0.2) is 31.1 Å². The van der Waals surface area contributed by atoms with E-state index in [1.165, 1.54) is 12.0 Å². The minimum absolute atomic E-state index is 0.0731. The molecule has 0 bridgehead atoms. The lowest BCUT2D eigenvalue weighted by Crippen LogP contribution is -2.36. The predicted octanol–water partition coefficient (Wildman–Crippen LogP) is 3.13. The van der Waals surface area contributed by atoms with E-state index in [-0.39, 0.29) is 11.4 Å². The molecule has 0 atom stereocenters. The largest absolute Gasteiger partial charge is 0.426 e. The highest BCUT2D eigenvalue weighted by molar-refractivity contribution is 5.91. The second-order valence-electron chi connectivity index (χ2n) is 7.26. The van der Waals surface area contributed by atoms with Gasteiger partial charge in [0, 0.05) is 17.1 Å². The van der Waals surface area contributed by atoms with Gasteiger partial charge in [0.2, 0.25) is 0 Å². The number of hydrogen-bond acceptors (Lipinski definition) is 4. The van der Waals surface area contributed by atoms with Gasteiger partial charge in [-0.15, -0.1) is 0 Å². The van der Waals surface area contributed by atoms with Crippen LogP contribution < -0.4 is 15.8 Å². The van der Waals surface area contributed by atoms with Crippen molar-refractivity contribution in [2.75, 3.05) is 20.1 Å². The van der Waals surface area contributed by atoms with Crippen LogP contribution in [0.2, 0.25) is 0 Å². The fourth-order valence-electron chi connectivity index (χ4n) is 3.98. The summed E-state index contributed by atoms with van der Waals surface area (Å²) in [5, 5.41) is 4.17. The van der Waals surface area contributed by atoms with Gasteiger partial charge in [-0.25, -0.2) is 0 Å². The highest BCUT2D eigenvalue weighted by atomic mass is 16.5. The molecule has 1 heterocycles. The minimum atomic E-state index is -0.166. The molecule has 1 aromatic heterocycles. The number of likely N-dealkylation sites (N-methyl/N-ethyl adjacent to an activating group) is 1. The normalized spacial score (nSPS) is 16.9. The standard InChI is InChI=1S/C20H29N3O2/c1-22-11-8-15-13-23-16-6-5-7-17(19(15)16)25-18(24)12-20(14-21)9-3-2-4-10-20/h5-7,13,22-23H,2-4,8-12,14,21H2,1H3. The zero-order chi connectivity index (χ0) is 17.7. The molecule has 136 valence electrons. The first-order valence-corrected chi connectivity index (χ1v) is 9.32. The Bertz CT molecular complexity index is 717. The summed E-state index contributed by atoms with van der Waals surface area (Å²) >= 11 is 0. The minimum Gasteiger partial charge on any atom is -0.426 e. The van der Waals surface area contributed by atoms with Crippen LogP contribution >= 0.6 is 0 Å². The molecular formula is C20H29N3O2. The van der Waals surface area contributed by atoms with E-state index in [0.717, 1.165) is 49.6 Å². The average molecular weight is 343 g/mol. The first-order valence-electron chi connectivity index (χ1n) is 9.32. The number of aromatic nitrogens is 1. The number of carbonyl (C=O) groups excluding carboxylic acids is 1. The van der Waals surface area contributed by atoms with Crippen molar-refractivity contribution < 1.29 is 9.53 Å². The van der Waals surface area contributed by atoms with E-state index in [2.05, 4.69) is 10.3 Å². The van der Waals surface area contributed by atoms with Gasteiger partial charge in [0.25, 0.3) is 0 Å². The SMILES string of the molecule is CNCCc1c[nH]c2cccc(OC(=O)CC3(CN)CCCCC3)c12. The number of H-pyrrole nitrogens is 1. The van der Waals surface area contributed by atoms with Crippen molar-refractivity contribution in [3.63, 3.8) is 0 Å². The highest BCUT2D eigenvalue weighted by Gasteiger charge is 2.34. The van der Waals surface area contributed by atoms with Gasteiger partial charge in [0.15, 0.2) is 0 Å². The summed E-state index contributed by atoms with van der Waals surface area (Å²) in [6.45, 7) is 1.44. The molecule has 0 radical (unpaired) electrons. The topological polar surface area (TPSA) is 80.1 Å². The van der Waals surface area contributed by atoms with E-state index in [1.54, 1.807) is 0 Å². The van der Waals surface area contributed by atoms with Crippen LogP contribution in [-0.2, 0) is 11.2 Å². The Kier molecular flexibility index (Phi) is 5.76. The molecule has 0 aliphatic heterocycles. The molecular weight excluding hydrogens is 314 g/mol. The van der Waals surface area contributed by atoms with Crippen molar-refractivity contribution in [2.24, 2.45) is 11.1 Å². The van der Waals surface area contributed by atoms with Crippen molar-refractivity contribution in [2.45, 2.75) is 44.9 Å².